The first-order chi connectivity index (χ1) is 11.1. The van der Waals surface area contributed by atoms with Gasteiger partial charge in [-0.15, -0.1) is 0 Å². The minimum atomic E-state index is -0.307. The van der Waals surface area contributed by atoms with E-state index in [-0.39, 0.29) is 23.7 Å². The van der Waals surface area contributed by atoms with E-state index < -0.39 is 0 Å². The van der Waals surface area contributed by atoms with Crippen LogP contribution >= 0.6 is 0 Å². The highest BCUT2D eigenvalue weighted by molar-refractivity contribution is 5.96. The van der Waals surface area contributed by atoms with Gasteiger partial charge in [-0.3, -0.25) is 14.6 Å². The van der Waals surface area contributed by atoms with Gasteiger partial charge in [0, 0.05) is 18.3 Å². The van der Waals surface area contributed by atoms with Gasteiger partial charge in [-0.05, 0) is 43.5 Å². The lowest BCUT2D eigenvalue weighted by Gasteiger charge is -2.12. The number of nitrogens with one attached hydrogen (secondary N) is 2. The highest BCUT2D eigenvalue weighted by atomic mass is 16.2. The fraction of sp³-hybridized carbons (Fsp3) is 0.294. The Bertz CT molecular complexity index is 696. The zero-order valence-corrected chi connectivity index (χ0v) is 12.8. The van der Waals surface area contributed by atoms with Gasteiger partial charge in [0.05, 0.1) is 17.8 Å². The van der Waals surface area contributed by atoms with Crippen LogP contribution in [0.5, 0.6) is 0 Å². The van der Waals surface area contributed by atoms with Crippen LogP contribution in [0.2, 0.25) is 0 Å². The Morgan fingerprint density at radius 3 is 2.61 bits per heavy atom. The van der Waals surface area contributed by atoms with Crippen LogP contribution in [-0.4, -0.2) is 21.8 Å². The molecule has 1 fully saturated rings. The minimum Gasteiger partial charge on any atom is -0.324 e. The van der Waals surface area contributed by atoms with E-state index in [9.17, 15) is 9.59 Å². The highest BCUT2D eigenvalue weighted by Crippen LogP contribution is 2.30. The molecule has 0 saturated heterocycles. The summed E-state index contributed by atoms with van der Waals surface area (Å²) in [4.78, 5) is 32.1. The molecule has 1 saturated carbocycles. The summed E-state index contributed by atoms with van der Waals surface area (Å²) < 4.78 is 0. The maximum absolute atomic E-state index is 12.2. The number of hydrogen-bond donors (Lipinski definition) is 2. The van der Waals surface area contributed by atoms with E-state index in [0.717, 1.165) is 18.4 Å². The molecule has 0 spiro atoms. The summed E-state index contributed by atoms with van der Waals surface area (Å²) in [6.45, 7) is 1.82. The largest absolute Gasteiger partial charge is 0.324 e. The molecule has 2 heterocycles. The van der Waals surface area contributed by atoms with Gasteiger partial charge in [-0.2, -0.15) is 0 Å². The minimum absolute atomic E-state index is 0.0134. The molecule has 6 heteroatoms. The van der Waals surface area contributed by atoms with Crippen LogP contribution < -0.4 is 10.6 Å². The number of carbonyl (C=O) groups excluding carboxylic acids is 2. The van der Waals surface area contributed by atoms with Crippen molar-refractivity contribution in [3.8, 4) is 0 Å². The molecule has 2 aromatic heterocycles. The van der Waals surface area contributed by atoms with Gasteiger partial charge < -0.3 is 10.6 Å². The molecule has 0 bridgehead atoms. The predicted molar refractivity (Wildman–Crippen MR) is 86.9 cm³/mol. The highest BCUT2D eigenvalue weighted by Gasteiger charge is 2.29. The molecule has 2 aromatic rings. The molecule has 118 valence electrons. The Kier molecular flexibility index (Phi) is 4.32. The molecular formula is C17H18N4O2. The van der Waals surface area contributed by atoms with Crippen LogP contribution in [0.1, 0.15) is 31.2 Å². The van der Waals surface area contributed by atoms with Crippen molar-refractivity contribution >= 4 is 23.3 Å². The van der Waals surface area contributed by atoms with Gasteiger partial charge in [0.2, 0.25) is 11.8 Å². The van der Waals surface area contributed by atoms with Crippen LogP contribution in [0.3, 0.4) is 0 Å². The summed E-state index contributed by atoms with van der Waals surface area (Å²) in [5.41, 5.74) is 1.45. The van der Waals surface area contributed by atoms with Gasteiger partial charge in [0.15, 0.2) is 0 Å². The van der Waals surface area contributed by atoms with E-state index in [0.29, 0.717) is 11.5 Å². The van der Waals surface area contributed by atoms with E-state index in [1.54, 1.807) is 30.6 Å². The van der Waals surface area contributed by atoms with E-state index in [1.165, 1.54) is 6.20 Å². The van der Waals surface area contributed by atoms with Crippen molar-refractivity contribution in [1.29, 1.82) is 0 Å². The maximum Gasteiger partial charge on any atom is 0.231 e. The van der Waals surface area contributed by atoms with Crippen LogP contribution in [0.25, 0.3) is 0 Å². The third-order valence-electron chi connectivity index (χ3n) is 3.81. The van der Waals surface area contributed by atoms with Gasteiger partial charge in [0.1, 0.15) is 5.82 Å². The molecule has 0 radical (unpaired) electrons. The zero-order valence-electron chi connectivity index (χ0n) is 12.8. The van der Waals surface area contributed by atoms with E-state index >= 15 is 0 Å². The summed E-state index contributed by atoms with van der Waals surface area (Å²) in [7, 11) is 0. The number of nitrogens with zero attached hydrogens (tertiary/aromatic N) is 2. The Balaban J connectivity index is 1.59. The number of carbonyl (C=O) groups is 2. The predicted octanol–water partition coefficient (Wildman–Crippen LogP) is 2.57. The fourth-order valence-corrected chi connectivity index (χ4v) is 2.15. The topological polar surface area (TPSA) is 84.0 Å². The molecule has 2 N–H and O–H groups in total. The summed E-state index contributed by atoms with van der Waals surface area (Å²) in [6, 6.07) is 7.08. The third-order valence-corrected chi connectivity index (χ3v) is 3.81. The average molecular weight is 310 g/mol. The summed E-state index contributed by atoms with van der Waals surface area (Å²) in [5, 5.41) is 5.58. The van der Waals surface area contributed by atoms with Crippen molar-refractivity contribution in [3.63, 3.8) is 0 Å². The molecule has 0 aliphatic heterocycles. The normalized spacial score (nSPS) is 14.8. The second-order valence-corrected chi connectivity index (χ2v) is 5.69. The molecule has 1 atom stereocenters. The number of aromatic nitrogens is 2. The monoisotopic (exact) mass is 310 g/mol. The molecule has 3 rings (SSSR count). The smallest absolute Gasteiger partial charge is 0.231 e. The van der Waals surface area contributed by atoms with Gasteiger partial charge >= 0.3 is 0 Å². The molecule has 2 amide bonds. The first-order valence-corrected chi connectivity index (χ1v) is 7.61. The van der Waals surface area contributed by atoms with Crippen molar-refractivity contribution in [2.45, 2.75) is 25.7 Å². The zero-order chi connectivity index (χ0) is 16.2. The third kappa shape index (κ3) is 3.91. The second kappa shape index (κ2) is 6.56. The summed E-state index contributed by atoms with van der Waals surface area (Å²) in [5.74, 6) is 0.212. The van der Waals surface area contributed by atoms with E-state index in [2.05, 4.69) is 20.6 Å². The second-order valence-electron chi connectivity index (χ2n) is 5.69. The fourth-order valence-electron chi connectivity index (χ4n) is 2.15. The van der Waals surface area contributed by atoms with E-state index in [4.69, 9.17) is 0 Å². The number of amides is 2. The molecule has 1 aliphatic carbocycles. The molecule has 1 unspecified atom stereocenters. The van der Waals surface area contributed by atoms with Crippen molar-refractivity contribution in [1.82, 2.24) is 9.97 Å². The molecular weight excluding hydrogens is 292 g/mol. The number of anilines is 2. The van der Waals surface area contributed by atoms with Crippen molar-refractivity contribution < 1.29 is 9.59 Å². The number of pyridine rings is 2. The van der Waals surface area contributed by atoms with E-state index in [1.807, 2.05) is 13.0 Å². The van der Waals surface area contributed by atoms with Crippen LogP contribution in [-0.2, 0) is 9.59 Å². The number of rotatable bonds is 5. The van der Waals surface area contributed by atoms with Crippen LogP contribution in [0, 0.1) is 5.92 Å². The Morgan fingerprint density at radius 1 is 1.17 bits per heavy atom. The molecule has 1 aliphatic rings. The quantitative estimate of drug-likeness (QED) is 0.889. The molecule has 23 heavy (non-hydrogen) atoms. The lowest BCUT2D eigenvalue weighted by Crippen LogP contribution is -2.19. The van der Waals surface area contributed by atoms with Crippen molar-refractivity contribution in [3.05, 3.63) is 48.4 Å². The average Bonchev–Trinajstić information content (AvgIpc) is 3.42. The number of hydrogen-bond acceptors (Lipinski definition) is 4. The first kappa shape index (κ1) is 15.1. The van der Waals surface area contributed by atoms with Gasteiger partial charge in [-0.25, -0.2) is 4.98 Å². The maximum atomic E-state index is 12.2. The first-order valence-electron chi connectivity index (χ1n) is 7.61. The molecule has 6 nitrogen and oxygen atoms in total. The standard InChI is InChI=1S/C17H18N4O2/c1-11(13-3-2-8-18-9-13)16(22)20-14-6-7-15(19-10-14)21-17(23)12-4-5-12/h2-3,6-12H,4-5H2,1H3,(H,20,22)(H,19,21,23). The SMILES string of the molecule is CC(C(=O)Nc1ccc(NC(=O)C2CC2)nc1)c1cccnc1. The van der Waals surface area contributed by atoms with Gasteiger partial charge in [-0.1, -0.05) is 6.07 Å². The Labute approximate surface area is 134 Å². The van der Waals surface area contributed by atoms with Crippen molar-refractivity contribution in [2.24, 2.45) is 5.92 Å². The van der Waals surface area contributed by atoms with Crippen LogP contribution in [0.15, 0.2) is 42.9 Å². The lowest BCUT2D eigenvalue weighted by molar-refractivity contribution is -0.118. The summed E-state index contributed by atoms with van der Waals surface area (Å²) >= 11 is 0. The van der Waals surface area contributed by atoms with Gasteiger partial charge in [0.25, 0.3) is 0 Å². The van der Waals surface area contributed by atoms with Crippen LogP contribution in [0.4, 0.5) is 11.5 Å². The Morgan fingerprint density at radius 2 is 2.00 bits per heavy atom. The Hall–Kier alpha value is -2.76. The van der Waals surface area contributed by atoms with Crippen molar-refractivity contribution in [2.75, 3.05) is 10.6 Å². The summed E-state index contributed by atoms with van der Waals surface area (Å²) in [6.07, 6.45) is 6.79. The molecule has 0 aromatic carbocycles. The lowest BCUT2D eigenvalue weighted by atomic mass is 10.0.